The highest BCUT2D eigenvalue weighted by molar-refractivity contribution is 5.83. The molecule has 2 aliphatic rings. The van der Waals surface area contributed by atoms with Crippen molar-refractivity contribution in [2.45, 2.75) is 38.6 Å². The van der Waals surface area contributed by atoms with Crippen LogP contribution in [0.4, 0.5) is 4.79 Å². The van der Waals surface area contributed by atoms with Crippen molar-refractivity contribution in [1.29, 1.82) is 0 Å². The van der Waals surface area contributed by atoms with E-state index in [1.165, 1.54) is 4.90 Å². The Morgan fingerprint density at radius 2 is 2.06 bits per heavy atom. The van der Waals surface area contributed by atoms with Crippen LogP contribution in [0, 0.1) is 5.92 Å². The molecule has 0 aromatic carbocycles. The molecule has 2 aliphatic heterocycles. The third kappa shape index (κ3) is 2.37. The van der Waals surface area contributed by atoms with Gasteiger partial charge in [-0.1, -0.05) is 13.3 Å². The Bertz CT molecular complexity index is 319. The summed E-state index contributed by atoms with van der Waals surface area (Å²) in [6, 6.07) is -0.686. The summed E-state index contributed by atoms with van der Waals surface area (Å²) >= 11 is 0. The molecule has 0 bridgehead atoms. The van der Waals surface area contributed by atoms with Crippen LogP contribution in [-0.2, 0) is 4.79 Å². The molecule has 2 atom stereocenters. The minimum Gasteiger partial charge on any atom is -0.480 e. The predicted molar refractivity (Wildman–Crippen MR) is 62.7 cm³/mol. The van der Waals surface area contributed by atoms with Gasteiger partial charge in [-0.3, -0.25) is 0 Å². The van der Waals surface area contributed by atoms with Crippen LogP contribution in [0.3, 0.4) is 0 Å². The molecule has 2 amide bonds. The molecule has 0 spiro atoms. The van der Waals surface area contributed by atoms with Crippen molar-refractivity contribution in [3.05, 3.63) is 0 Å². The number of amides is 2. The highest BCUT2D eigenvalue weighted by atomic mass is 16.4. The molecule has 1 unspecified atom stereocenters. The van der Waals surface area contributed by atoms with Gasteiger partial charge in [0.2, 0.25) is 0 Å². The predicted octanol–water partition coefficient (Wildman–Crippen LogP) is 1.39. The van der Waals surface area contributed by atoms with Gasteiger partial charge in [0.15, 0.2) is 0 Å². The van der Waals surface area contributed by atoms with Gasteiger partial charge in [0, 0.05) is 19.6 Å². The Labute approximate surface area is 101 Å². The molecule has 0 aromatic heterocycles. The number of hydrogen-bond acceptors (Lipinski definition) is 2. The van der Waals surface area contributed by atoms with Gasteiger partial charge in [-0.05, 0) is 25.2 Å². The summed E-state index contributed by atoms with van der Waals surface area (Å²) in [4.78, 5) is 26.6. The highest BCUT2D eigenvalue weighted by Gasteiger charge is 2.37. The maximum absolute atomic E-state index is 12.2. The van der Waals surface area contributed by atoms with Crippen LogP contribution in [0.1, 0.15) is 32.6 Å². The van der Waals surface area contributed by atoms with Crippen LogP contribution >= 0.6 is 0 Å². The minimum absolute atomic E-state index is 0.0779. The molecule has 0 aliphatic carbocycles. The van der Waals surface area contributed by atoms with Gasteiger partial charge in [-0.25, -0.2) is 9.59 Å². The topological polar surface area (TPSA) is 60.9 Å². The van der Waals surface area contributed by atoms with Crippen molar-refractivity contribution in [3.8, 4) is 0 Å². The average molecular weight is 240 g/mol. The number of likely N-dealkylation sites (tertiary alicyclic amines) is 2. The number of rotatable bonds is 2. The molecule has 17 heavy (non-hydrogen) atoms. The Balaban J connectivity index is 1.98. The van der Waals surface area contributed by atoms with E-state index in [4.69, 9.17) is 5.11 Å². The lowest BCUT2D eigenvalue weighted by Crippen LogP contribution is -2.47. The van der Waals surface area contributed by atoms with Gasteiger partial charge in [0.1, 0.15) is 6.04 Å². The lowest BCUT2D eigenvalue weighted by molar-refractivity contribution is -0.141. The minimum atomic E-state index is -0.873. The van der Waals surface area contributed by atoms with Crippen LogP contribution in [0.25, 0.3) is 0 Å². The fraction of sp³-hybridized carbons (Fsp3) is 0.833. The molecule has 2 saturated heterocycles. The summed E-state index contributed by atoms with van der Waals surface area (Å²) in [5, 5.41) is 9.06. The number of carbonyl (C=O) groups excluding carboxylic acids is 1. The summed E-state index contributed by atoms with van der Waals surface area (Å²) < 4.78 is 0. The van der Waals surface area contributed by atoms with E-state index in [0.29, 0.717) is 18.9 Å². The maximum atomic E-state index is 12.2. The molecular weight excluding hydrogens is 220 g/mol. The van der Waals surface area contributed by atoms with Crippen LogP contribution in [-0.4, -0.2) is 52.6 Å². The van der Waals surface area contributed by atoms with Crippen molar-refractivity contribution in [3.63, 3.8) is 0 Å². The van der Waals surface area contributed by atoms with Crippen molar-refractivity contribution < 1.29 is 14.7 Å². The van der Waals surface area contributed by atoms with Crippen molar-refractivity contribution >= 4 is 12.0 Å². The summed E-state index contributed by atoms with van der Waals surface area (Å²) in [7, 11) is 0. The first-order chi connectivity index (χ1) is 8.13. The first-order valence-electron chi connectivity index (χ1n) is 6.41. The van der Waals surface area contributed by atoms with Crippen LogP contribution in [0.15, 0.2) is 0 Å². The largest absolute Gasteiger partial charge is 0.480 e. The SMILES string of the molecule is CCC1CCN(C(=O)N2CCC[C@H]2C(=O)O)C1. The number of carboxylic acid groups (broad SMARTS) is 1. The Morgan fingerprint density at radius 1 is 1.29 bits per heavy atom. The van der Waals surface area contributed by atoms with Gasteiger partial charge < -0.3 is 14.9 Å². The summed E-state index contributed by atoms with van der Waals surface area (Å²) in [5.74, 6) is -0.285. The number of aliphatic carboxylic acids is 1. The van der Waals surface area contributed by atoms with Crippen LogP contribution < -0.4 is 0 Å². The third-order valence-corrected chi connectivity index (χ3v) is 3.92. The Kier molecular flexibility index (Phi) is 3.54. The third-order valence-electron chi connectivity index (χ3n) is 3.92. The quantitative estimate of drug-likeness (QED) is 0.793. The van der Waals surface area contributed by atoms with E-state index in [9.17, 15) is 9.59 Å². The van der Waals surface area contributed by atoms with Crippen molar-refractivity contribution in [2.24, 2.45) is 5.92 Å². The first kappa shape index (κ1) is 12.2. The highest BCUT2D eigenvalue weighted by Crippen LogP contribution is 2.24. The van der Waals surface area contributed by atoms with E-state index in [1.54, 1.807) is 0 Å². The van der Waals surface area contributed by atoms with Gasteiger partial charge in [-0.15, -0.1) is 0 Å². The van der Waals surface area contributed by atoms with Crippen LogP contribution in [0.2, 0.25) is 0 Å². The van der Waals surface area contributed by atoms with E-state index >= 15 is 0 Å². The fourth-order valence-corrected chi connectivity index (χ4v) is 2.77. The first-order valence-corrected chi connectivity index (χ1v) is 6.41. The standard InChI is InChI=1S/C12H20N2O3/c1-2-9-5-7-13(8-9)12(17)14-6-3-4-10(14)11(15)16/h9-10H,2-8H2,1H3,(H,15,16)/t9?,10-/m0/s1. The number of nitrogens with zero attached hydrogens (tertiary/aromatic N) is 2. The number of carbonyl (C=O) groups is 2. The van der Waals surface area contributed by atoms with E-state index in [1.807, 2.05) is 4.90 Å². The second-order valence-corrected chi connectivity index (χ2v) is 4.98. The van der Waals surface area contributed by atoms with Crippen LogP contribution in [0.5, 0.6) is 0 Å². The molecule has 96 valence electrons. The molecule has 0 aromatic rings. The maximum Gasteiger partial charge on any atom is 0.326 e. The van der Waals surface area contributed by atoms with E-state index in [2.05, 4.69) is 6.92 Å². The second kappa shape index (κ2) is 4.94. The number of carboxylic acids is 1. The lowest BCUT2D eigenvalue weighted by atomic mass is 10.1. The second-order valence-electron chi connectivity index (χ2n) is 4.98. The molecule has 2 heterocycles. The molecule has 0 radical (unpaired) electrons. The molecular formula is C12H20N2O3. The Hall–Kier alpha value is -1.26. The zero-order valence-electron chi connectivity index (χ0n) is 10.3. The molecule has 2 rings (SSSR count). The summed E-state index contributed by atoms with van der Waals surface area (Å²) in [6.07, 6.45) is 3.53. The van der Waals surface area contributed by atoms with Gasteiger partial charge in [-0.2, -0.15) is 0 Å². The van der Waals surface area contributed by atoms with E-state index < -0.39 is 12.0 Å². The smallest absolute Gasteiger partial charge is 0.326 e. The fourth-order valence-electron chi connectivity index (χ4n) is 2.77. The molecule has 5 heteroatoms. The van der Waals surface area contributed by atoms with Gasteiger partial charge in [0.05, 0.1) is 0 Å². The lowest BCUT2D eigenvalue weighted by Gasteiger charge is -2.27. The zero-order valence-corrected chi connectivity index (χ0v) is 10.3. The Morgan fingerprint density at radius 3 is 2.65 bits per heavy atom. The summed E-state index contributed by atoms with van der Waals surface area (Å²) in [5.41, 5.74) is 0. The molecule has 1 N–H and O–H groups in total. The zero-order chi connectivity index (χ0) is 12.4. The van der Waals surface area contributed by atoms with Gasteiger partial charge in [0.25, 0.3) is 0 Å². The monoisotopic (exact) mass is 240 g/mol. The molecule has 5 nitrogen and oxygen atoms in total. The molecule has 2 fully saturated rings. The normalized spacial score (nSPS) is 28.8. The van der Waals surface area contributed by atoms with E-state index in [-0.39, 0.29) is 6.03 Å². The molecule has 0 saturated carbocycles. The van der Waals surface area contributed by atoms with Gasteiger partial charge >= 0.3 is 12.0 Å². The summed E-state index contributed by atoms with van der Waals surface area (Å²) in [6.45, 7) is 4.29. The average Bonchev–Trinajstić information content (AvgIpc) is 2.97. The van der Waals surface area contributed by atoms with E-state index in [0.717, 1.165) is 32.4 Å². The van der Waals surface area contributed by atoms with Crippen molar-refractivity contribution in [1.82, 2.24) is 9.80 Å². The number of hydrogen-bond donors (Lipinski definition) is 1. The van der Waals surface area contributed by atoms with Crippen molar-refractivity contribution in [2.75, 3.05) is 19.6 Å². The number of urea groups is 1.